The highest BCUT2D eigenvalue weighted by atomic mass is 79.9. The van der Waals surface area contributed by atoms with E-state index in [-0.39, 0.29) is 5.75 Å². The summed E-state index contributed by atoms with van der Waals surface area (Å²) in [6.07, 6.45) is 0. The Labute approximate surface area is 117 Å². The van der Waals surface area contributed by atoms with Crippen LogP contribution < -0.4 is 0 Å². The molecule has 0 atom stereocenters. The van der Waals surface area contributed by atoms with Crippen LogP contribution in [-0.2, 0) is 0 Å². The average Bonchev–Trinajstić information content (AvgIpc) is 2.34. The Morgan fingerprint density at radius 3 is 2.61 bits per heavy atom. The number of halogens is 2. The fourth-order valence-corrected chi connectivity index (χ4v) is 2.66. The molecule has 0 unspecified atom stereocenters. The maximum Gasteiger partial charge on any atom is 0.146 e. The fourth-order valence-electron chi connectivity index (χ4n) is 1.87. The molecule has 0 amide bonds. The molecule has 1 aromatic heterocycles. The van der Waals surface area contributed by atoms with Gasteiger partial charge in [-0.1, -0.05) is 11.6 Å². The van der Waals surface area contributed by atoms with Gasteiger partial charge in [0.2, 0.25) is 0 Å². The van der Waals surface area contributed by atoms with Crippen molar-refractivity contribution in [2.24, 2.45) is 0 Å². The molecule has 0 aliphatic carbocycles. The Balaban J connectivity index is 2.52. The lowest BCUT2D eigenvalue weighted by atomic mass is 10.1. The molecule has 0 aliphatic heterocycles. The number of phenols is 1. The number of phenolic OH excluding ortho intramolecular Hbond substituents is 1. The number of aryl methyl sites for hydroxylation is 1. The fraction of sp³-hybridized carbons (Fsp3) is 0.0769. The number of hydrogen-bond donors (Lipinski definition) is 1. The molecule has 0 fully saturated rings. The zero-order chi connectivity index (χ0) is 12.9. The molecule has 90 valence electrons. The van der Waals surface area contributed by atoms with Gasteiger partial charge in [-0.3, -0.25) is 0 Å². The number of benzene rings is 2. The Morgan fingerprint density at radius 2 is 1.83 bits per heavy atom. The van der Waals surface area contributed by atoms with Crippen molar-refractivity contribution in [3.05, 3.63) is 39.3 Å². The second kappa shape index (κ2) is 4.07. The number of hydrogen-bond acceptors (Lipinski definition) is 3. The molecule has 1 N–H and O–H groups in total. The van der Waals surface area contributed by atoms with Gasteiger partial charge in [0.1, 0.15) is 16.8 Å². The number of fused-ring (bicyclic) bond motifs is 2. The van der Waals surface area contributed by atoms with Crippen LogP contribution >= 0.6 is 27.5 Å². The average molecular weight is 324 g/mol. The van der Waals surface area contributed by atoms with E-state index in [4.69, 9.17) is 11.6 Å². The summed E-state index contributed by atoms with van der Waals surface area (Å²) in [5.41, 5.74) is 3.30. The standard InChI is InChI=1S/C13H8BrClN2O/c1-6-4-8(14)11-12(13(6)18)17-10-5-7(15)2-3-9(10)16-11/h2-5,18H,1H3. The van der Waals surface area contributed by atoms with Gasteiger partial charge in [0.25, 0.3) is 0 Å². The molecule has 5 heteroatoms. The Kier molecular flexibility index (Phi) is 2.64. The van der Waals surface area contributed by atoms with Crippen LogP contribution in [0.25, 0.3) is 22.1 Å². The van der Waals surface area contributed by atoms with Crippen molar-refractivity contribution < 1.29 is 5.11 Å². The van der Waals surface area contributed by atoms with Gasteiger partial charge in [-0.25, -0.2) is 9.97 Å². The molecular formula is C13H8BrClN2O. The Morgan fingerprint density at radius 1 is 1.11 bits per heavy atom. The normalized spacial score (nSPS) is 11.3. The van der Waals surface area contributed by atoms with Gasteiger partial charge in [0.15, 0.2) is 0 Å². The number of nitrogens with zero attached hydrogens (tertiary/aromatic N) is 2. The number of aromatic hydroxyl groups is 1. The van der Waals surface area contributed by atoms with Crippen molar-refractivity contribution in [1.82, 2.24) is 9.97 Å². The highest BCUT2D eigenvalue weighted by Crippen LogP contribution is 2.33. The molecule has 0 aliphatic rings. The zero-order valence-corrected chi connectivity index (χ0v) is 11.7. The molecule has 0 bridgehead atoms. The second-order valence-corrected chi connectivity index (χ2v) is 5.37. The van der Waals surface area contributed by atoms with Gasteiger partial charge in [-0.15, -0.1) is 0 Å². The van der Waals surface area contributed by atoms with Crippen LogP contribution in [0.4, 0.5) is 0 Å². The third-order valence-electron chi connectivity index (χ3n) is 2.79. The highest BCUT2D eigenvalue weighted by Gasteiger charge is 2.11. The van der Waals surface area contributed by atoms with Gasteiger partial charge < -0.3 is 5.11 Å². The smallest absolute Gasteiger partial charge is 0.146 e. The molecule has 0 saturated carbocycles. The molecule has 1 heterocycles. The predicted octanol–water partition coefficient (Wildman–Crippen LogP) is 4.21. The van der Waals surface area contributed by atoms with Crippen LogP contribution in [0.2, 0.25) is 5.02 Å². The van der Waals surface area contributed by atoms with Crippen LogP contribution in [-0.4, -0.2) is 15.1 Å². The number of aromatic nitrogens is 2. The van der Waals surface area contributed by atoms with E-state index in [1.54, 1.807) is 12.1 Å². The number of rotatable bonds is 0. The van der Waals surface area contributed by atoms with Crippen molar-refractivity contribution in [3.8, 4) is 5.75 Å². The molecule has 3 nitrogen and oxygen atoms in total. The van der Waals surface area contributed by atoms with Crippen LogP contribution in [0.5, 0.6) is 5.75 Å². The third kappa shape index (κ3) is 1.72. The van der Waals surface area contributed by atoms with Crippen LogP contribution in [0.3, 0.4) is 0 Å². The molecule has 0 saturated heterocycles. The Bertz CT molecular complexity index is 789. The molecule has 3 aromatic rings. The van der Waals surface area contributed by atoms with E-state index in [1.165, 1.54) is 0 Å². The van der Waals surface area contributed by atoms with Crippen molar-refractivity contribution in [2.45, 2.75) is 6.92 Å². The lowest BCUT2D eigenvalue weighted by Gasteiger charge is -2.07. The lowest BCUT2D eigenvalue weighted by molar-refractivity contribution is 0.476. The summed E-state index contributed by atoms with van der Waals surface area (Å²) in [6.45, 7) is 1.82. The maximum absolute atomic E-state index is 10.1. The minimum Gasteiger partial charge on any atom is -0.505 e. The zero-order valence-electron chi connectivity index (χ0n) is 9.41. The first kappa shape index (κ1) is 11.7. The van der Waals surface area contributed by atoms with E-state index < -0.39 is 0 Å². The van der Waals surface area contributed by atoms with Crippen molar-refractivity contribution >= 4 is 49.6 Å². The van der Waals surface area contributed by atoms with Crippen molar-refractivity contribution in [1.29, 1.82) is 0 Å². The first-order chi connectivity index (χ1) is 8.56. The van der Waals surface area contributed by atoms with Gasteiger partial charge in [-0.2, -0.15) is 0 Å². The van der Waals surface area contributed by atoms with Crippen LogP contribution in [0, 0.1) is 6.92 Å². The van der Waals surface area contributed by atoms with E-state index in [9.17, 15) is 5.11 Å². The summed E-state index contributed by atoms with van der Waals surface area (Å²) >= 11 is 9.38. The SMILES string of the molecule is Cc1cc(Br)c2nc3ccc(Cl)cc3nc2c1O. The summed E-state index contributed by atoms with van der Waals surface area (Å²) in [6, 6.07) is 7.15. The quantitative estimate of drug-likeness (QED) is 0.630. The molecular weight excluding hydrogens is 316 g/mol. The first-order valence-electron chi connectivity index (χ1n) is 5.31. The lowest BCUT2D eigenvalue weighted by Crippen LogP contribution is -1.90. The van der Waals surface area contributed by atoms with Gasteiger partial charge in [-0.05, 0) is 52.7 Å². The molecule has 0 spiro atoms. The summed E-state index contributed by atoms with van der Waals surface area (Å²) < 4.78 is 0.817. The van der Waals surface area contributed by atoms with Gasteiger partial charge in [0.05, 0.1) is 11.0 Å². The summed E-state index contributed by atoms with van der Waals surface area (Å²) in [5.74, 6) is 0.155. The molecule has 3 rings (SSSR count). The van der Waals surface area contributed by atoms with E-state index in [2.05, 4.69) is 25.9 Å². The maximum atomic E-state index is 10.1. The second-order valence-electron chi connectivity index (χ2n) is 4.08. The van der Waals surface area contributed by atoms with Crippen LogP contribution in [0.15, 0.2) is 28.7 Å². The first-order valence-corrected chi connectivity index (χ1v) is 6.48. The highest BCUT2D eigenvalue weighted by molar-refractivity contribution is 9.10. The van der Waals surface area contributed by atoms with Crippen molar-refractivity contribution in [3.63, 3.8) is 0 Å². The van der Waals surface area contributed by atoms with E-state index in [1.807, 2.05) is 19.1 Å². The van der Waals surface area contributed by atoms with E-state index >= 15 is 0 Å². The van der Waals surface area contributed by atoms with E-state index in [0.29, 0.717) is 21.6 Å². The minimum atomic E-state index is 0.155. The summed E-state index contributed by atoms with van der Waals surface area (Å²) in [7, 11) is 0. The molecule has 18 heavy (non-hydrogen) atoms. The predicted molar refractivity (Wildman–Crippen MR) is 76.2 cm³/mol. The van der Waals surface area contributed by atoms with E-state index in [0.717, 1.165) is 15.6 Å². The van der Waals surface area contributed by atoms with Crippen LogP contribution in [0.1, 0.15) is 5.56 Å². The molecule has 0 radical (unpaired) electrons. The summed E-state index contributed by atoms with van der Waals surface area (Å²) in [5, 5.41) is 10.7. The summed E-state index contributed by atoms with van der Waals surface area (Å²) in [4.78, 5) is 8.93. The monoisotopic (exact) mass is 322 g/mol. The minimum absolute atomic E-state index is 0.155. The molecule has 2 aromatic carbocycles. The van der Waals surface area contributed by atoms with Gasteiger partial charge in [0, 0.05) is 9.50 Å². The van der Waals surface area contributed by atoms with Crippen molar-refractivity contribution in [2.75, 3.05) is 0 Å². The Hall–Kier alpha value is -1.39. The third-order valence-corrected chi connectivity index (χ3v) is 3.63. The van der Waals surface area contributed by atoms with Gasteiger partial charge >= 0.3 is 0 Å². The largest absolute Gasteiger partial charge is 0.505 e. The topological polar surface area (TPSA) is 46.0 Å².